The fraction of sp³-hybridized carbons (Fsp3) is 0.217. The predicted molar refractivity (Wildman–Crippen MR) is 118 cm³/mol. The second-order valence-corrected chi connectivity index (χ2v) is 7.10. The van der Waals surface area contributed by atoms with Crippen LogP contribution in [0.15, 0.2) is 53.6 Å². The predicted octanol–water partition coefficient (Wildman–Crippen LogP) is 4.64. The first-order chi connectivity index (χ1) is 14.3. The van der Waals surface area contributed by atoms with Crippen molar-refractivity contribution >= 4 is 17.8 Å². The smallest absolute Gasteiger partial charge is 0.271 e. The molecule has 3 aromatic rings. The molecule has 0 saturated heterocycles. The molecule has 0 atom stereocenters. The number of hydrogen-bond donors (Lipinski definition) is 1. The Kier molecular flexibility index (Phi) is 6.11. The van der Waals surface area contributed by atoms with E-state index in [1.165, 1.54) is 41.1 Å². The van der Waals surface area contributed by atoms with Crippen molar-refractivity contribution in [2.24, 2.45) is 5.10 Å². The number of carbonyl (C=O) groups is 1. The molecule has 0 spiro atoms. The van der Waals surface area contributed by atoms with E-state index in [0.717, 1.165) is 23.4 Å². The van der Waals surface area contributed by atoms with Crippen molar-refractivity contribution in [3.63, 3.8) is 0 Å². The normalized spacial score (nSPS) is 11.1. The highest BCUT2D eigenvalue weighted by molar-refractivity contribution is 5.95. The molecule has 2 aromatic carbocycles. The van der Waals surface area contributed by atoms with Crippen LogP contribution in [0.25, 0.3) is 5.69 Å². The van der Waals surface area contributed by atoms with Crippen molar-refractivity contribution in [2.45, 2.75) is 34.1 Å². The fourth-order valence-electron chi connectivity index (χ4n) is 3.57. The van der Waals surface area contributed by atoms with E-state index in [-0.39, 0.29) is 11.3 Å². The minimum absolute atomic E-state index is 0.139. The lowest BCUT2D eigenvalue weighted by Crippen LogP contribution is -2.17. The van der Waals surface area contributed by atoms with Gasteiger partial charge in [0.2, 0.25) is 0 Å². The average molecular weight is 404 g/mol. The quantitative estimate of drug-likeness (QED) is 0.369. The summed E-state index contributed by atoms with van der Waals surface area (Å²) in [5, 5.41) is 14.9. The van der Waals surface area contributed by atoms with Crippen LogP contribution in [0.4, 0.5) is 5.69 Å². The number of nitro benzene ring substituents is 1. The van der Waals surface area contributed by atoms with Crippen LogP contribution in [0.5, 0.6) is 0 Å². The highest BCUT2D eigenvalue weighted by Crippen LogP contribution is 2.26. The van der Waals surface area contributed by atoms with Crippen LogP contribution in [-0.2, 0) is 6.42 Å². The molecule has 1 N–H and O–H groups in total. The largest absolute Gasteiger partial charge is 0.317 e. The Hall–Kier alpha value is -3.74. The molecule has 7 nitrogen and oxygen atoms in total. The maximum Gasteiger partial charge on any atom is 0.271 e. The summed E-state index contributed by atoms with van der Waals surface area (Å²) >= 11 is 0. The van der Waals surface area contributed by atoms with Crippen molar-refractivity contribution in [1.29, 1.82) is 0 Å². The highest BCUT2D eigenvalue weighted by atomic mass is 16.6. The second-order valence-electron chi connectivity index (χ2n) is 7.10. The summed E-state index contributed by atoms with van der Waals surface area (Å²) in [6.07, 6.45) is 2.52. The Morgan fingerprint density at radius 1 is 1.17 bits per heavy atom. The van der Waals surface area contributed by atoms with Crippen LogP contribution >= 0.6 is 0 Å². The monoisotopic (exact) mass is 404 g/mol. The number of rotatable bonds is 6. The van der Waals surface area contributed by atoms with E-state index in [1.54, 1.807) is 6.21 Å². The Morgan fingerprint density at radius 2 is 1.90 bits per heavy atom. The number of aryl methyl sites for hydroxylation is 3. The third-order valence-corrected chi connectivity index (χ3v) is 5.08. The number of hydrogen-bond acceptors (Lipinski definition) is 4. The third kappa shape index (κ3) is 4.15. The van der Waals surface area contributed by atoms with Gasteiger partial charge in [0.05, 0.1) is 16.8 Å². The van der Waals surface area contributed by atoms with E-state index in [2.05, 4.69) is 47.1 Å². The van der Waals surface area contributed by atoms with E-state index in [9.17, 15) is 14.9 Å². The molecule has 3 rings (SSSR count). The van der Waals surface area contributed by atoms with Gasteiger partial charge in [-0.1, -0.05) is 31.2 Å². The zero-order valence-corrected chi connectivity index (χ0v) is 17.5. The third-order valence-electron chi connectivity index (χ3n) is 5.08. The molecule has 0 saturated carbocycles. The maximum atomic E-state index is 12.3. The highest BCUT2D eigenvalue weighted by Gasteiger charge is 2.14. The van der Waals surface area contributed by atoms with Gasteiger partial charge in [0.1, 0.15) is 0 Å². The summed E-state index contributed by atoms with van der Waals surface area (Å²) < 4.78 is 2.21. The number of para-hydroxylation sites is 1. The van der Waals surface area contributed by atoms with Gasteiger partial charge in [-0.3, -0.25) is 14.9 Å². The number of benzene rings is 2. The molecule has 0 radical (unpaired) electrons. The Labute approximate surface area is 175 Å². The van der Waals surface area contributed by atoms with Crippen LogP contribution in [0.2, 0.25) is 0 Å². The molecular weight excluding hydrogens is 380 g/mol. The average Bonchev–Trinajstić information content (AvgIpc) is 3.01. The lowest BCUT2D eigenvalue weighted by Gasteiger charge is -2.17. The van der Waals surface area contributed by atoms with Gasteiger partial charge < -0.3 is 4.57 Å². The van der Waals surface area contributed by atoms with Crippen LogP contribution < -0.4 is 5.43 Å². The number of nitrogens with one attached hydrogen (secondary N) is 1. The van der Waals surface area contributed by atoms with Crippen LogP contribution in [-0.4, -0.2) is 21.6 Å². The standard InChI is InChI=1S/C23H24N4O3/c1-5-18-9-6-8-15(2)22(18)26-16(3)12-20(17(26)4)14-24-25-23(28)19-10-7-11-21(13-19)27(29)30/h6-14H,5H2,1-4H3,(H,25,28)/b24-14-. The molecule has 1 heterocycles. The van der Waals surface area contributed by atoms with Gasteiger partial charge in [0.25, 0.3) is 11.6 Å². The molecule has 0 aliphatic heterocycles. The lowest BCUT2D eigenvalue weighted by molar-refractivity contribution is -0.384. The number of nitro groups is 1. The fourth-order valence-corrected chi connectivity index (χ4v) is 3.57. The molecule has 1 aromatic heterocycles. The Morgan fingerprint density at radius 3 is 2.60 bits per heavy atom. The molecular formula is C23H24N4O3. The lowest BCUT2D eigenvalue weighted by atomic mass is 10.1. The molecule has 7 heteroatoms. The van der Waals surface area contributed by atoms with Crippen molar-refractivity contribution < 1.29 is 9.72 Å². The summed E-state index contributed by atoms with van der Waals surface area (Å²) in [5.74, 6) is -0.504. The molecule has 0 bridgehead atoms. The maximum absolute atomic E-state index is 12.3. The van der Waals surface area contributed by atoms with E-state index >= 15 is 0 Å². The van der Waals surface area contributed by atoms with Gasteiger partial charge in [0, 0.05) is 34.6 Å². The van der Waals surface area contributed by atoms with E-state index < -0.39 is 10.8 Å². The number of hydrazone groups is 1. The van der Waals surface area contributed by atoms with Crippen molar-refractivity contribution in [1.82, 2.24) is 9.99 Å². The summed E-state index contributed by atoms with van der Waals surface area (Å²) in [4.78, 5) is 22.6. The van der Waals surface area contributed by atoms with Crippen molar-refractivity contribution in [3.8, 4) is 5.69 Å². The van der Waals surface area contributed by atoms with Gasteiger partial charge in [-0.05, 0) is 50.5 Å². The van der Waals surface area contributed by atoms with Crippen LogP contribution in [0.1, 0.15) is 45.4 Å². The van der Waals surface area contributed by atoms with E-state index in [4.69, 9.17) is 0 Å². The number of amides is 1. The first-order valence-electron chi connectivity index (χ1n) is 9.69. The van der Waals surface area contributed by atoms with Crippen LogP contribution in [0, 0.1) is 30.9 Å². The van der Waals surface area contributed by atoms with Crippen molar-refractivity contribution in [2.75, 3.05) is 0 Å². The molecule has 0 unspecified atom stereocenters. The van der Waals surface area contributed by atoms with Crippen molar-refractivity contribution in [3.05, 3.63) is 92.3 Å². The summed E-state index contributed by atoms with van der Waals surface area (Å²) in [7, 11) is 0. The van der Waals surface area contributed by atoms with E-state index in [1.807, 2.05) is 19.9 Å². The zero-order chi connectivity index (χ0) is 21.8. The molecule has 154 valence electrons. The number of carbonyl (C=O) groups excluding carboxylic acids is 1. The molecule has 0 aliphatic rings. The minimum atomic E-state index is -0.537. The summed E-state index contributed by atoms with van der Waals surface area (Å²) in [6, 6.07) is 13.9. The molecule has 30 heavy (non-hydrogen) atoms. The zero-order valence-electron chi connectivity index (χ0n) is 17.5. The second kappa shape index (κ2) is 8.73. The SMILES string of the molecule is CCc1cccc(C)c1-n1c(C)cc(/C=N\NC(=O)c2cccc([N+](=O)[O-])c2)c1C. The van der Waals surface area contributed by atoms with Crippen LogP contribution in [0.3, 0.4) is 0 Å². The van der Waals surface area contributed by atoms with E-state index in [0.29, 0.717) is 0 Å². The summed E-state index contributed by atoms with van der Waals surface area (Å²) in [5.41, 5.74) is 9.09. The minimum Gasteiger partial charge on any atom is -0.317 e. The first-order valence-corrected chi connectivity index (χ1v) is 9.69. The number of aromatic nitrogens is 1. The Bertz CT molecular complexity index is 1150. The topological polar surface area (TPSA) is 89.5 Å². The number of nitrogens with zero attached hydrogens (tertiary/aromatic N) is 3. The molecule has 1 amide bonds. The Balaban J connectivity index is 1.85. The van der Waals surface area contributed by atoms with Gasteiger partial charge in [-0.15, -0.1) is 0 Å². The van der Waals surface area contributed by atoms with Gasteiger partial charge >= 0.3 is 0 Å². The van der Waals surface area contributed by atoms with Gasteiger partial charge in [0.15, 0.2) is 0 Å². The number of non-ortho nitro benzene ring substituents is 1. The summed E-state index contributed by atoms with van der Waals surface area (Å²) in [6.45, 7) is 8.29. The van der Waals surface area contributed by atoms with Gasteiger partial charge in [-0.2, -0.15) is 5.10 Å². The first kappa shape index (κ1) is 21.0. The van der Waals surface area contributed by atoms with Gasteiger partial charge in [-0.25, -0.2) is 5.43 Å². The molecule has 0 fully saturated rings. The molecule has 0 aliphatic carbocycles.